The van der Waals surface area contributed by atoms with Gasteiger partial charge in [-0.3, -0.25) is 10.1 Å². The summed E-state index contributed by atoms with van der Waals surface area (Å²) in [6.45, 7) is 0. The highest BCUT2D eigenvalue weighted by atomic mass is 32.1. The third kappa shape index (κ3) is 3.71. The Morgan fingerprint density at radius 3 is 2.75 bits per heavy atom. The summed E-state index contributed by atoms with van der Waals surface area (Å²) in [6.07, 6.45) is 10.0. The fourth-order valence-electron chi connectivity index (χ4n) is 4.55. The summed E-state index contributed by atoms with van der Waals surface area (Å²) in [5.74, 6) is 0.824. The van der Waals surface area contributed by atoms with Crippen LogP contribution in [-0.2, 0) is 0 Å². The van der Waals surface area contributed by atoms with Gasteiger partial charge in [-0.05, 0) is 61.4 Å². The molecule has 4 heterocycles. The highest BCUT2D eigenvalue weighted by Gasteiger charge is 2.16. The van der Waals surface area contributed by atoms with E-state index < -0.39 is 0 Å². The van der Waals surface area contributed by atoms with Crippen LogP contribution in [0.4, 0.5) is 0 Å². The van der Waals surface area contributed by atoms with Crippen molar-refractivity contribution in [3.05, 3.63) is 66.3 Å². The van der Waals surface area contributed by atoms with Gasteiger partial charge in [0, 0.05) is 33.1 Å². The molecule has 0 aliphatic heterocycles. The summed E-state index contributed by atoms with van der Waals surface area (Å²) >= 11 is 1.76. The zero-order chi connectivity index (χ0) is 21.3. The lowest BCUT2D eigenvalue weighted by atomic mass is 9.98. The van der Waals surface area contributed by atoms with Gasteiger partial charge in [-0.2, -0.15) is 5.10 Å². The third-order valence-corrected chi connectivity index (χ3v) is 7.09. The first-order valence-electron chi connectivity index (χ1n) is 11.2. The number of H-pyrrole nitrogens is 2. The van der Waals surface area contributed by atoms with E-state index in [1.807, 2.05) is 12.3 Å². The summed E-state index contributed by atoms with van der Waals surface area (Å²) < 4.78 is 6.19. The Hall–Kier alpha value is -3.38. The number of thiophene rings is 1. The molecule has 1 aromatic carbocycles. The van der Waals surface area contributed by atoms with E-state index >= 15 is 0 Å². The van der Waals surface area contributed by atoms with E-state index in [1.165, 1.54) is 35.1 Å². The predicted molar refractivity (Wildman–Crippen MR) is 130 cm³/mol. The van der Waals surface area contributed by atoms with E-state index in [9.17, 15) is 0 Å². The van der Waals surface area contributed by atoms with Crippen molar-refractivity contribution in [1.29, 1.82) is 0 Å². The van der Waals surface area contributed by atoms with Crippen LogP contribution in [0.15, 0.2) is 66.3 Å². The quantitative estimate of drug-likeness (QED) is 0.307. The molecule has 0 spiro atoms. The van der Waals surface area contributed by atoms with Crippen molar-refractivity contribution >= 4 is 22.2 Å². The Morgan fingerprint density at radius 1 is 0.938 bits per heavy atom. The number of nitrogens with zero attached hydrogens (tertiary/aromatic N) is 2. The second kappa shape index (κ2) is 8.28. The van der Waals surface area contributed by atoms with Crippen molar-refractivity contribution in [2.45, 2.75) is 38.2 Å². The van der Waals surface area contributed by atoms with Gasteiger partial charge in [0.1, 0.15) is 5.75 Å². The smallest absolute Gasteiger partial charge is 0.138 e. The Balaban J connectivity index is 1.29. The Kier molecular flexibility index (Phi) is 5.00. The van der Waals surface area contributed by atoms with Gasteiger partial charge in [0.15, 0.2) is 0 Å². The Bertz CT molecular complexity index is 1350. The molecule has 6 rings (SSSR count). The molecule has 5 nitrogen and oxygen atoms in total. The van der Waals surface area contributed by atoms with Gasteiger partial charge in [0.2, 0.25) is 0 Å². The molecular formula is C26H24N4OS. The summed E-state index contributed by atoms with van der Waals surface area (Å²) in [5, 5.41) is 11.1. The van der Waals surface area contributed by atoms with Gasteiger partial charge in [-0.15, -0.1) is 11.3 Å². The summed E-state index contributed by atoms with van der Waals surface area (Å²) in [5.41, 5.74) is 6.15. The van der Waals surface area contributed by atoms with Gasteiger partial charge in [0.05, 0.1) is 29.4 Å². The molecule has 160 valence electrons. The van der Waals surface area contributed by atoms with Gasteiger partial charge in [-0.25, -0.2) is 0 Å². The van der Waals surface area contributed by atoms with Crippen LogP contribution in [0, 0.1) is 0 Å². The van der Waals surface area contributed by atoms with Crippen LogP contribution >= 0.6 is 11.3 Å². The molecule has 1 saturated carbocycles. The lowest BCUT2D eigenvalue weighted by Crippen LogP contribution is -2.19. The molecule has 0 saturated heterocycles. The molecule has 1 aliphatic carbocycles. The van der Waals surface area contributed by atoms with Crippen molar-refractivity contribution < 1.29 is 4.74 Å². The van der Waals surface area contributed by atoms with E-state index in [1.54, 1.807) is 17.5 Å². The van der Waals surface area contributed by atoms with Crippen molar-refractivity contribution in [1.82, 2.24) is 20.2 Å². The molecule has 0 amide bonds. The molecule has 0 bridgehead atoms. The molecule has 0 radical (unpaired) electrons. The van der Waals surface area contributed by atoms with E-state index in [4.69, 9.17) is 4.74 Å². The molecule has 1 aliphatic rings. The van der Waals surface area contributed by atoms with Gasteiger partial charge in [0.25, 0.3) is 0 Å². The molecule has 6 heteroatoms. The molecule has 5 aromatic rings. The molecule has 2 N–H and O–H groups in total. The Labute approximate surface area is 190 Å². The molecule has 0 atom stereocenters. The number of fused-ring (bicyclic) bond motifs is 1. The molecule has 4 aromatic heterocycles. The van der Waals surface area contributed by atoms with Crippen molar-refractivity contribution in [2.75, 3.05) is 0 Å². The summed E-state index contributed by atoms with van der Waals surface area (Å²) in [4.78, 5) is 9.21. The van der Waals surface area contributed by atoms with Crippen LogP contribution in [0.3, 0.4) is 0 Å². The van der Waals surface area contributed by atoms with Crippen LogP contribution in [-0.4, -0.2) is 26.3 Å². The first-order chi connectivity index (χ1) is 15.8. The zero-order valence-electron chi connectivity index (χ0n) is 17.7. The summed E-state index contributed by atoms with van der Waals surface area (Å²) in [7, 11) is 0. The van der Waals surface area contributed by atoms with Crippen LogP contribution in [0.1, 0.15) is 32.1 Å². The highest BCUT2D eigenvalue weighted by molar-refractivity contribution is 7.13. The number of aromatic nitrogens is 4. The van der Waals surface area contributed by atoms with Crippen LogP contribution in [0.25, 0.3) is 44.0 Å². The first-order valence-corrected chi connectivity index (χ1v) is 12.0. The van der Waals surface area contributed by atoms with E-state index in [2.05, 4.69) is 68.0 Å². The van der Waals surface area contributed by atoms with Gasteiger partial charge >= 0.3 is 0 Å². The number of aromatic amines is 2. The number of rotatable bonds is 5. The van der Waals surface area contributed by atoms with E-state index in [-0.39, 0.29) is 0 Å². The van der Waals surface area contributed by atoms with Crippen molar-refractivity contribution in [3.63, 3.8) is 0 Å². The zero-order valence-corrected chi connectivity index (χ0v) is 18.5. The topological polar surface area (TPSA) is 66.6 Å². The second-order valence-electron chi connectivity index (χ2n) is 8.38. The maximum Gasteiger partial charge on any atom is 0.138 e. The van der Waals surface area contributed by atoms with E-state index in [0.29, 0.717) is 6.10 Å². The number of nitrogens with one attached hydrogen (secondary N) is 2. The number of ether oxygens (including phenoxy) is 1. The number of hydrogen-bond acceptors (Lipinski definition) is 4. The maximum atomic E-state index is 6.19. The molecule has 0 unspecified atom stereocenters. The standard InChI is InChI=1S/C26H24N4OS/c1-2-6-18(7-3-1)31-19-12-17(15-27-16-19)23-14-25(30-29-23)24-13-21-20(26-10-5-11-32-26)8-4-9-22(21)28-24/h4-5,8-16,18,28H,1-3,6-7H2,(H,29,30). The van der Waals surface area contributed by atoms with Crippen molar-refractivity contribution in [3.8, 4) is 38.8 Å². The fourth-order valence-corrected chi connectivity index (χ4v) is 5.32. The highest BCUT2D eigenvalue weighted by Crippen LogP contribution is 2.35. The normalized spacial score (nSPS) is 14.8. The van der Waals surface area contributed by atoms with Crippen LogP contribution in [0.2, 0.25) is 0 Å². The minimum Gasteiger partial charge on any atom is -0.489 e. The first kappa shape index (κ1) is 19.3. The average Bonchev–Trinajstić information content (AvgIpc) is 3.60. The largest absolute Gasteiger partial charge is 0.489 e. The van der Waals surface area contributed by atoms with E-state index in [0.717, 1.165) is 46.8 Å². The molecule has 1 fully saturated rings. The maximum absolute atomic E-state index is 6.19. The predicted octanol–water partition coefficient (Wildman–Crippen LogP) is 7.06. The Morgan fingerprint density at radius 2 is 1.88 bits per heavy atom. The van der Waals surface area contributed by atoms with Gasteiger partial charge in [-0.1, -0.05) is 24.6 Å². The molecular weight excluding hydrogens is 416 g/mol. The SMILES string of the molecule is c1csc(-c2cccc3[nH]c(-c4cc(-c5cncc(OC6CCCCC6)c5)n[nH]4)cc23)c1. The number of benzene rings is 1. The average molecular weight is 441 g/mol. The number of pyridine rings is 1. The monoisotopic (exact) mass is 440 g/mol. The lowest BCUT2D eigenvalue weighted by Gasteiger charge is -2.22. The minimum absolute atomic E-state index is 0.305. The second-order valence-corrected chi connectivity index (χ2v) is 9.33. The third-order valence-electron chi connectivity index (χ3n) is 6.18. The minimum atomic E-state index is 0.305. The number of hydrogen-bond donors (Lipinski definition) is 2. The molecule has 32 heavy (non-hydrogen) atoms. The van der Waals surface area contributed by atoms with Crippen molar-refractivity contribution in [2.24, 2.45) is 0 Å². The van der Waals surface area contributed by atoms with Crippen LogP contribution < -0.4 is 4.74 Å². The van der Waals surface area contributed by atoms with Crippen LogP contribution in [0.5, 0.6) is 5.75 Å². The summed E-state index contributed by atoms with van der Waals surface area (Å²) in [6, 6.07) is 16.9. The fraction of sp³-hybridized carbons (Fsp3) is 0.231. The lowest BCUT2D eigenvalue weighted by molar-refractivity contribution is 0.154. The van der Waals surface area contributed by atoms with Gasteiger partial charge < -0.3 is 9.72 Å².